The van der Waals surface area contributed by atoms with Crippen LogP contribution in [0, 0.1) is 11.6 Å². The van der Waals surface area contributed by atoms with Gasteiger partial charge in [-0.15, -0.1) is 0 Å². The summed E-state index contributed by atoms with van der Waals surface area (Å²) in [5.41, 5.74) is -0.972. The number of carbonyl (C=O) groups is 3. The third-order valence-electron chi connectivity index (χ3n) is 6.65. The van der Waals surface area contributed by atoms with Gasteiger partial charge in [0.25, 0.3) is 5.91 Å². The van der Waals surface area contributed by atoms with Crippen molar-refractivity contribution in [2.45, 2.75) is 90.4 Å². The molecule has 4 rings (SSSR count). The Hall–Kier alpha value is -4.07. The molecule has 0 spiro atoms. The lowest BCUT2D eigenvalue weighted by atomic mass is 9.83. The Morgan fingerprint density at radius 3 is 2.25 bits per heavy atom. The van der Waals surface area contributed by atoms with Crippen molar-refractivity contribution in [3.05, 3.63) is 47.4 Å². The van der Waals surface area contributed by atoms with Crippen molar-refractivity contribution in [3.63, 3.8) is 0 Å². The molecule has 2 aromatic heterocycles. The molecule has 0 bridgehead atoms. The third-order valence-corrected chi connectivity index (χ3v) is 7.64. The first kappa shape index (κ1) is 32.8. The zero-order valence-corrected chi connectivity index (χ0v) is 26.7. The summed E-state index contributed by atoms with van der Waals surface area (Å²) >= 11 is 0.745. The minimum absolute atomic E-state index is 0.0425. The summed E-state index contributed by atoms with van der Waals surface area (Å²) in [6, 6.07) is 3.25. The smallest absolute Gasteiger partial charge is 0.412 e. The number of aryl methyl sites for hydroxylation is 1. The van der Waals surface area contributed by atoms with E-state index >= 15 is 0 Å². The standard InChI is InChI=1S/C30H38F2N6O5S/c1-29(2,3)42-27(40)34-17-11-8-10-16(14-17)23-20(15-33-38(23)7)35-24(39)22-26(37-28(41)43-30(4,5)6)44-25(36-22)21-18(31)12-9-13-19(21)32/h9,12-13,15-17H,8,10-11,14H2,1-7H3,(H,34,40)(H,35,39)(H,37,41). The molecule has 0 saturated heterocycles. The number of carbonyl (C=O) groups excluding carboxylic acids is 3. The van der Waals surface area contributed by atoms with Crippen molar-refractivity contribution >= 4 is 40.1 Å². The van der Waals surface area contributed by atoms with Crippen molar-refractivity contribution in [1.29, 1.82) is 0 Å². The van der Waals surface area contributed by atoms with Crippen LogP contribution in [0.3, 0.4) is 0 Å². The fourth-order valence-electron chi connectivity index (χ4n) is 5.02. The Bertz CT molecular complexity index is 1520. The van der Waals surface area contributed by atoms with Crippen LogP contribution in [0.1, 0.15) is 89.3 Å². The Labute approximate surface area is 258 Å². The van der Waals surface area contributed by atoms with Gasteiger partial charge in [0.1, 0.15) is 32.8 Å². The van der Waals surface area contributed by atoms with Crippen LogP contribution in [-0.2, 0) is 16.5 Å². The lowest BCUT2D eigenvalue weighted by Crippen LogP contribution is -2.41. The molecule has 2 unspecified atom stereocenters. The molecule has 1 aliphatic carbocycles. The van der Waals surface area contributed by atoms with E-state index in [1.54, 1.807) is 53.3 Å². The lowest BCUT2D eigenvalue weighted by molar-refractivity contribution is 0.0489. The molecule has 2 heterocycles. The molecule has 1 aromatic carbocycles. The van der Waals surface area contributed by atoms with Crippen LogP contribution in [0.4, 0.5) is 29.1 Å². The number of nitrogens with one attached hydrogen (secondary N) is 3. The number of amides is 3. The Balaban J connectivity index is 1.60. The Kier molecular flexibility index (Phi) is 9.62. The van der Waals surface area contributed by atoms with Gasteiger partial charge >= 0.3 is 12.2 Å². The second-order valence-corrected chi connectivity index (χ2v) is 13.6. The fourth-order valence-corrected chi connectivity index (χ4v) is 6.01. The Morgan fingerprint density at radius 2 is 1.61 bits per heavy atom. The molecule has 1 saturated carbocycles. The van der Waals surface area contributed by atoms with Crippen LogP contribution in [0.2, 0.25) is 0 Å². The molecule has 1 fully saturated rings. The molecule has 238 valence electrons. The number of aromatic nitrogens is 3. The number of hydrogen-bond donors (Lipinski definition) is 3. The van der Waals surface area contributed by atoms with E-state index in [0.717, 1.165) is 48.4 Å². The van der Waals surface area contributed by atoms with Crippen LogP contribution < -0.4 is 16.0 Å². The molecule has 0 radical (unpaired) electrons. The predicted molar refractivity (Wildman–Crippen MR) is 163 cm³/mol. The summed E-state index contributed by atoms with van der Waals surface area (Å²) in [5, 5.41) is 12.4. The summed E-state index contributed by atoms with van der Waals surface area (Å²) in [4.78, 5) is 42.9. The maximum atomic E-state index is 14.6. The average molecular weight is 633 g/mol. The highest BCUT2D eigenvalue weighted by Crippen LogP contribution is 2.38. The largest absolute Gasteiger partial charge is 0.444 e. The second-order valence-electron chi connectivity index (χ2n) is 12.6. The summed E-state index contributed by atoms with van der Waals surface area (Å²) in [6.07, 6.45) is 3.17. The van der Waals surface area contributed by atoms with E-state index < -0.39 is 46.5 Å². The van der Waals surface area contributed by atoms with E-state index in [-0.39, 0.29) is 27.7 Å². The van der Waals surface area contributed by atoms with Crippen molar-refractivity contribution in [2.75, 3.05) is 10.6 Å². The molecule has 2 atom stereocenters. The molecule has 11 nitrogen and oxygen atoms in total. The van der Waals surface area contributed by atoms with E-state index in [2.05, 4.69) is 26.0 Å². The topological polar surface area (TPSA) is 136 Å². The van der Waals surface area contributed by atoms with Crippen LogP contribution in [0.5, 0.6) is 0 Å². The quantitative estimate of drug-likeness (QED) is 0.267. The van der Waals surface area contributed by atoms with E-state index in [4.69, 9.17) is 9.47 Å². The summed E-state index contributed by atoms with van der Waals surface area (Å²) in [5.74, 6) is -2.50. The number of thiazole rings is 1. The minimum Gasteiger partial charge on any atom is -0.444 e. The first-order valence-electron chi connectivity index (χ1n) is 14.3. The van der Waals surface area contributed by atoms with Crippen molar-refractivity contribution < 1.29 is 32.6 Å². The van der Waals surface area contributed by atoms with Crippen LogP contribution >= 0.6 is 11.3 Å². The van der Waals surface area contributed by atoms with Crippen molar-refractivity contribution in [3.8, 4) is 10.6 Å². The molecule has 3 N–H and O–H groups in total. The zero-order valence-electron chi connectivity index (χ0n) is 25.8. The maximum Gasteiger partial charge on any atom is 0.412 e. The van der Waals surface area contributed by atoms with Gasteiger partial charge in [-0.05, 0) is 72.9 Å². The molecule has 3 aromatic rings. The predicted octanol–water partition coefficient (Wildman–Crippen LogP) is 6.97. The average Bonchev–Trinajstić information content (AvgIpc) is 3.44. The number of hydrogen-bond acceptors (Lipinski definition) is 8. The van der Waals surface area contributed by atoms with Crippen molar-refractivity contribution in [1.82, 2.24) is 20.1 Å². The molecule has 1 aliphatic rings. The lowest BCUT2D eigenvalue weighted by Gasteiger charge is -2.31. The van der Waals surface area contributed by atoms with E-state index in [9.17, 15) is 23.2 Å². The van der Waals surface area contributed by atoms with Gasteiger partial charge < -0.3 is 20.1 Å². The first-order valence-corrected chi connectivity index (χ1v) is 15.1. The molecule has 44 heavy (non-hydrogen) atoms. The van der Waals surface area contributed by atoms with E-state index in [1.165, 1.54) is 12.3 Å². The summed E-state index contributed by atoms with van der Waals surface area (Å²) in [6.45, 7) is 10.4. The van der Waals surface area contributed by atoms with Crippen LogP contribution in [-0.4, -0.2) is 50.1 Å². The third kappa shape index (κ3) is 8.30. The highest BCUT2D eigenvalue weighted by atomic mass is 32.1. The van der Waals surface area contributed by atoms with Crippen LogP contribution in [0.15, 0.2) is 24.4 Å². The number of alkyl carbamates (subject to hydrolysis) is 1. The monoisotopic (exact) mass is 632 g/mol. The molecular formula is C30H38F2N6O5S. The number of ether oxygens (including phenoxy) is 2. The maximum absolute atomic E-state index is 14.6. The molecule has 3 amide bonds. The molecular weight excluding hydrogens is 594 g/mol. The van der Waals surface area contributed by atoms with Gasteiger partial charge in [-0.25, -0.2) is 23.4 Å². The van der Waals surface area contributed by atoms with Gasteiger partial charge in [0, 0.05) is 19.0 Å². The normalized spacial score (nSPS) is 17.1. The zero-order chi connectivity index (χ0) is 32.4. The van der Waals surface area contributed by atoms with Gasteiger partial charge in [-0.2, -0.15) is 5.10 Å². The minimum atomic E-state index is -0.865. The van der Waals surface area contributed by atoms with Crippen molar-refractivity contribution in [2.24, 2.45) is 7.05 Å². The number of rotatable bonds is 6. The van der Waals surface area contributed by atoms with E-state index in [0.29, 0.717) is 12.1 Å². The first-order chi connectivity index (χ1) is 20.5. The SMILES string of the molecule is Cn1ncc(NC(=O)c2nc(-c3c(F)cccc3F)sc2NC(=O)OC(C)(C)C)c1C1CCCC(NC(=O)OC(C)(C)C)C1. The summed E-state index contributed by atoms with van der Waals surface area (Å²) in [7, 11) is 1.76. The van der Waals surface area contributed by atoms with Gasteiger partial charge in [-0.1, -0.05) is 23.8 Å². The van der Waals surface area contributed by atoms with Gasteiger partial charge in [0.05, 0.1) is 23.1 Å². The molecule has 14 heteroatoms. The number of nitrogens with zero attached hydrogens (tertiary/aromatic N) is 3. The van der Waals surface area contributed by atoms with Gasteiger partial charge in [-0.3, -0.25) is 14.8 Å². The highest BCUT2D eigenvalue weighted by Gasteiger charge is 2.31. The summed E-state index contributed by atoms with van der Waals surface area (Å²) < 4.78 is 41.7. The van der Waals surface area contributed by atoms with Gasteiger partial charge in [0.15, 0.2) is 5.69 Å². The van der Waals surface area contributed by atoms with Gasteiger partial charge in [0.2, 0.25) is 0 Å². The number of halogens is 2. The molecule has 0 aliphatic heterocycles. The number of benzene rings is 1. The Morgan fingerprint density at radius 1 is 0.977 bits per heavy atom. The van der Waals surface area contributed by atoms with Crippen LogP contribution in [0.25, 0.3) is 10.6 Å². The fraction of sp³-hybridized carbons (Fsp3) is 0.500. The highest BCUT2D eigenvalue weighted by molar-refractivity contribution is 7.19. The van der Waals surface area contributed by atoms with E-state index in [1.807, 2.05) is 0 Å². The second kappa shape index (κ2) is 12.9. The number of anilines is 2.